The fourth-order valence-corrected chi connectivity index (χ4v) is 2.37. The van der Waals surface area contributed by atoms with Crippen molar-refractivity contribution in [2.24, 2.45) is 0 Å². The van der Waals surface area contributed by atoms with Crippen LogP contribution >= 0.6 is 12.4 Å². The van der Waals surface area contributed by atoms with E-state index in [1.807, 2.05) is 6.92 Å². The lowest BCUT2D eigenvalue weighted by atomic mass is 10.1. The third-order valence-corrected chi connectivity index (χ3v) is 3.54. The Kier molecular flexibility index (Phi) is 7.67. The predicted octanol–water partition coefficient (Wildman–Crippen LogP) is 2.26. The number of amides is 1. The number of hydrogen-bond donors (Lipinski definition) is 2. The van der Waals surface area contributed by atoms with Crippen molar-refractivity contribution in [3.63, 3.8) is 0 Å². The van der Waals surface area contributed by atoms with E-state index in [0.717, 1.165) is 0 Å². The second-order valence-corrected chi connectivity index (χ2v) is 5.19. The summed E-state index contributed by atoms with van der Waals surface area (Å²) in [6.07, 6.45) is -0.213. The molecule has 130 valence electrons. The molecule has 5 nitrogen and oxygen atoms in total. The van der Waals surface area contributed by atoms with E-state index in [4.69, 9.17) is 4.74 Å². The maximum Gasteiger partial charge on any atom is 0.387 e. The Morgan fingerprint density at radius 2 is 2.22 bits per heavy atom. The summed E-state index contributed by atoms with van der Waals surface area (Å²) in [6, 6.07) is 5.55. The largest absolute Gasteiger partial charge is 0.435 e. The second-order valence-electron chi connectivity index (χ2n) is 5.19. The van der Waals surface area contributed by atoms with Gasteiger partial charge in [-0.05, 0) is 31.5 Å². The van der Waals surface area contributed by atoms with Gasteiger partial charge in [-0.2, -0.15) is 8.78 Å². The van der Waals surface area contributed by atoms with Gasteiger partial charge < -0.3 is 20.1 Å². The number of alkyl halides is 2. The highest BCUT2D eigenvalue weighted by molar-refractivity contribution is 5.85. The number of carbonyl (C=O) groups excluding carboxylic acids is 1. The molecule has 1 aliphatic rings. The maximum atomic E-state index is 12.3. The summed E-state index contributed by atoms with van der Waals surface area (Å²) in [5.74, 6) is -0.110. The average molecular weight is 351 g/mol. The summed E-state index contributed by atoms with van der Waals surface area (Å²) < 4.78 is 34.3. The van der Waals surface area contributed by atoms with Gasteiger partial charge in [0.25, 0.3) is 0 Å². The molecule has 1 heterocycles. The van der Waals surface area contributed by atoms with Crippen LogP contribution in [-0.2, 0) is 9.53 Å². The quantitative estimate of drug-likeness (QED) is 0.855. The van der Waals surface area contributed by atoms with Crippen LogP contribution in [0.1, 0.15) is 25.5 Å². The number of rotatable bonds is 5. The molecular formula is C15H21ClF2N2O3. The molecule has 0 bridgehead atoms. The van der Waals surface area contributed by atoms with Gasteiger partial charge in [-0.15, -0.1) is 12.4 Å². The zero-order chi connectivity index (χ0) is 16.1. The molecule has 8 heteroatoms. The van der Waals surface area contributed by atoms with Gasteiger partial charge in [0.1, 0.15) is 11.8 Å². The van der Waals surface area contributed by atoms with Crippen molar-refractivity contribution < 1.29 is 23.0 Å². The Hall–Kier alpha value is -1.44. The summed E-state index contributed by atoms with van der Waals surface area (Å²) in [7, 11) is 0. The van der Waals surface area contributed by atoms with Crippen LogP contribution in [0.5, 0.6) is 5.75 Å². The normalized spacial score (nSPS) is 22.1. The molecule has 2 N–H and O–H groups in total. The number of hydrogen-bond acceptors (Lipinski definition) is 4. The van der Waals surface area contributed by atoms with Crippen LogP contribution in [0.4, 0.5) is 8.78 Å². The second kappa shape index (κ2) is 9.00. The molecule has 1 aromatic rings. The van der Waals surface area contributed by atoms with Crippen LogP contribution in [0.15, 0.2) is 24.3 Å². The van der Waals surface area contributed by atoms with Crippen LogP contribution in [-0.4, -0.2) is 37.8 Å². The van der Waals surface area contributed by atoms with Gasteiger partial charge in [0.05, 0.1) is 18.8 Å². The van der Waals surface area contributed by atoms with E-state index < -0.39 is 12.7 Å². The lowest BCUT2D eigenvalue weighted by Gasteiger charge is -2.30. The topological polar surface area (TPSA) is 59.6 Å². The Morgan fingerprint density at radius 1 is 1.48 bits per heavy atom. The van der Waals surface area contributed by atoms with Gasteiger partial charge in [-0.3, -0.25) is 4.79 Å². The van der Waals surface area contributed by atoms with Crippen molar-refractivity contribution in [1.29, 1.82) is 0 Å². The van der Waals surface area contributed by atoms with Crippen molar-refractivity contribution in [3.8, 4) is 5.75 Å². The Bertz CT molecular complexity index is 519. The van der Waals surface area contributed by atoms with Crippen LogP contribution in [0.2, 0.25) is 0 Å². The zero-order valence-corrected chi connectivity index (χ0v) is 13.7. The van der Waals surface area contributed by atoms with E-state index >= 15 is 0 Å². The van der Waals surface area contributed by atoms with E-state index in [9.17, 15) is 13.6 Å². The molecule has 2 rings (SSSR count). The maximum absolute atomic E-state index is 12.3. The molecule has 0 aromatic heterocycles. The third kappa shape index (κ3) is 5.60. The van der Waals surface area contributed by atoms with Gasteiger partial charge in [-0.25, -0.2) is 0 Å². The smallest absolute Gasteiger partial charge is 0.387 e. The molecule has 0 saturated carbocycles. The zero-order valence-electron chi connectivity index (χ0n) is 12.9. The van der Waals surface area contributed by atoms with E-state index in [0.29, 0.717) is 18.7 Å². The Balaban J connectivity index is 0.00000264. The first-order valence-electron chi connectivity index (χ1n) is 7.17. The summed E-state index contributed by atoms with van der Waals surface area (Å²) in [6.45, 7) is 1.94. The number of carbonyl (C=O) groups is 1. The lowest BCUT2D eigenvalue weighted by Crippen LogP contribution is -2.55. The molecule has 1 aromatic carbocycles. The minimum absolute atomic E-state index is 0. The number of nitrogens with one attached hydrogen (secondary N) is 2. The minimum Gasteiger partial charge on any atom is -0.435 e. The van der Waals surface area contributed by atoms with E-state index in [2.05, 4.69) is 15.4 Å². The number of ether oxygens (including phenoxy) is 2. The van der Waals surface area contributed by atoms with Crippen LogP contribution in [0.25, 0.3) is 0 Å². The summed E-state index contributed by atoms with van der Waals surface area (Å²) >= 11 is 0. The van der Waals surface area contributed by atoms with Crippen LogP contribution in [0, 0.1) is 0 Å². The van der Waals surface area contributed by atoms with Crippen molar-refractivity contribution >= 4 is 18.3 Å². The van der Waals surface area contributed by atoms with Crippen molar-refractivity contribution in [1.82, 2.24) is 10.6 Å². The molecule has 1 fully saturated rings. The fraction of sp³-hybridized carbons (Fsp3) is 0.533. The first-order chi connectivity index (χ1) is 10.5. The molecule has 23 heavy (non-hydrogen) atoms. The van der Waals surface area contributed by atoms with E-state index in [1.165, 1.54) is 12.1 Å². The monoisotopic (exact) mass is 350 g/mol. The average Bonchev–Trinajstić information content (AvgIpc) is 2.47. The number of halogens is 3. The van der Waals surface area contributed by atoms with Crippen molar-refractivity contribution in [3.05, 3.63) is 29.8 Å². The third-order valence-electron chi connectivity index (χ3n) is 3.54. The van der Waals surface area contributed by atoms with Gasteiger partial charge in [0, 0.05) is 6.54 Å². The van der Waals surface area contributed by atoms with E-state index in [1.54, 1.807) is 19.1 Å². The van der Waals surface area contributed by atoms with Crippen LogP contribution < -0.4 is 15.4 Å². The van der Waals surface area contributed by atoms with Gasteiger partial charge in [0.2, 0.25) is 5.91 Å². The first kappa shape index (κ1) is 19.6. The summed E-state index contributed by atoms with van der Waals surface area (Å²) in [4.78, 5) is 12.3. The fourth-order valence-electron chi connectivity index (χ4n) is 2.37. The molecule has 1 saturated heterocycles. The molecule has 1 amide bonds. The summed E-state index contributed by atoms with van der Waals surface area (Å²) in [5, 5.41) is 5.95. The summed E-state index contributed by atoms with van der Waals surface area (Å²) in [5.41, 5.74) is 0.691. The molecule has 1 aliphatic heterocycles. The van der Waals surface area contributed by atoms with Crippen LogP contribution in [0.3, 0.4) is 0 Å². The van der Waals surface area contributed by atoms with Crippen molar-refractivity contribution in [2.45, 2.75) is 38.6 Å². The Morgan fingerprint density at radius 3 is 2.87 bits per heavy atom. The number of morpholine rings is 1. The Labute approximate surface area is 140 Å². The van der Waals surface area contributed by atoms with Gasteiger partial charge in [0.15, 0.2) is 0 Å². The van der Waals surface area contributed by atoms with Gasteiger partial charge in [-0.1, -0.05) is 12.1 Å². The minimum atomic E-state index is -2.87. The lowest BCUT2D eigenvalue weighted by molar-refractivity contribution is -0.129. The predicted molar refractivity (Wildman–Crippen MR) is 84.1 cm³/mol. The van der Waals surface area contributed by atoms with Gasteiger partial charge >= 0.3 is 6.61 Å². The standard InChI is InChI=1S/C15H20F2N2O3.ClH/c1-9(11-4-3-5-12(8-11)22-15(16)17)19-14(20)13-10(2)21-7-6-18-13;/h3-5,8-10,13,15,18H,6-7H2,1-2H3,(H,19,20);1H/t9?,10-,13+;/m1./s1. The highest BCUT2D eigenvalue weighted by Crippen LogP contribution is 2.21. The molecule has 3 atom stereocenters. The highest BCUT2D eigenvalue weighted by atomic mass is 35.5. The highest BCUT2D eigenvalue weighted by Gasteiger charge is 2.29. The van der Waals surface area contributed by atoms with E-state index in [-0.39, 0.29) is 36.2 Å². The SMILES string of the molecule is CC(NC(=O)[C@H]1NCCO[C@@H]1C)c1cccc(OC(F)F)c1.Cl. The molecule has 1 unspecified atom stereocenters. The molecule has 0 radical (unpaired) electrons. The molecule has 0 spiro atoms. The molecular weight excluding hydrogens is 330 g/mol. The van der Waals surface area contributed by atoms with Crippen molar-refractivity contribution in [2.75, 3.05) is 13.2 Å². The molecule has 0 aliphatic carbocycles. The number of benzene rings is 1. The first-order valence-corrected chi connectivity index (χ1v) is 7.17.